The highest BCUT2D eigenvalue weighted by Crippen LogP contribution is 2.58. The molecule has 0 aromatic carbocycles. The quantitative estimate of drug-likeness (QED) is 0.470. The Kier molecular flexibility index (Phi) is 5.72. The van der Waals surface area contributed by atoms with Gasteiger partial charge in [-0.3, -0.25) is 0 Å². The molecule has 1 N–H and O–H groups in total. The average molecular weight is 564 g/mol. The summed E-state index contributed by atoms with van der Waals surface area (Å²) < 4.78 is 68.0. The van der Waals surface area contributed by atoms with E-state index >= 15 is 0 Å². The van der Waals surface area contributed by atoms with E-state index in [2.05, 4.69) is 6.55 Å². The molecule has 4 saturated heterocycles. The van der Waals surface area contributed by atoms with Gasteiger partial charge in [-0.15, -0.1) is 0 Å². The molecule has 19 heteroatoms. The Balaban J connectivity index is 1.91. The smallest absolute Gasteiger partial charge is 0.395 e. The zero-order chi connectivity index (χ0) is 23.4. The summed E-state index contributed by atoms with van der Waals surface area (Å²) in [6.45, 7) is 14.9. The van der Waals surface area contributed by atoms with E-state index in [1.54, 1.807) is 19.6 Å². The van der Waals surface area contributed by atoms with Crippen molar-refractivity contribution in [1.29, 1.82) is 0 Å². The largest absolute Gasteiger partial charge is 0.664 e. The molecule has 4 aliphatic rings. The standard InChI is InChI=1S/C12H31O12Si7/c1-11-12(2,25(11)5)17-31-22-28(10,18-26(6,7)20-29(13,14-3)23-31)19-27(8,9)21-30(15-4,16-11)24-31/h13H,1-10H3. The van der Waals surface area contributed by atoms with Gasteiger partial charge >= 0.3 is 53.1 Å². The fourth-order valence-electron chi connectivity index (χ4n) is 4.25. The van der Waals surface area contributed by atoms with E-state index in [0.29, 0.717) is 0 Å². The third-order valence-electron chi connectivity index (χ3n) is 5.87. The Morgan fingerprint density at radius 3 is 1.81 bits per heavy atom. The first kappa shape index (κ1) is 25.1. The minimum absolute atomic E-state index is 0.694. The van der Waals surface area contributed by atoms with E-state index in [9.17, 15) is 4.80 Å². The Labute approximate surface area is 190 Å². The SMILES string of the molecule is CO[Si]1(O)O[Si](C)(C)O[Si]2(C)O[Si](C)(C)O[Si]3(OC)OC4(C)[Si](C)C4(C)O[Si](O2)(O1)O3. The summed E-state index contributed by atoms with van der Waals surface area (Å²) in [6.07, 6.45) is 0. The van der Waals surface area contributed by atoms with Crippen molar-refractivity contribution in [2.45, 2.75) is 63.6 Å². The van der Waals surface area contributed by atoms with Gasteiger partial charge in [-0.25, -0.2) is 0 Å². The van der Waals surface area contributed by atoms with E-state index in [1.807, 2.05) is 26.9 Å². The van der Waals surface area contributed by atoms with Gasteiger partial charge in [0.05, 0.1) is 10.4 Å². The van der Waals surface area contributed by atoms with E-state index in [0.717, 1.165) is 0 Å². The van der Waals surface area contributed by atoms with Gasteiger partial charge in [-0.05, 0) is 40.0 Å². The maximum absolute atomic E-state index is 11.2. The molecule has 0 aliphatic carbocycles. The molecule has 12 nitrogen and oxygen atoms in total. The monoisotopic (exact) mass is 563 g/mol. The maximum atomic E-state index is 11.2. The molecule has 3 bridgehead atoms. The zero-order valence-electron chi connectivity index (χ0n) is 19.4. The average Bonchev–Trinajstić information content (AvgIpc) is 2.96. The maximum Gasteiger partial charge on any atom is 0.664 e. The van der Waals surface area contributed by atoms with Gasteiger partial charge in [0.2, 0.25) is 0 Å². The topological polar surface area (TPSA) is 122 Å². The highest BCUT2D eigenvalue weighted by atomic mass is 28.6. The molecule has 1 radical (unpaired) electrons. The van der Waals surface area contributed by atoms with Crippen LogP contribution in [-0.4, -0.2) is 91.3 Å². The minimum atomic E-state index is -4.30. The van der Waals surface area contributed by atoms with Crippen molar-refractivity contribution in [3.05, 3.63) is 0 Å². The lowest BCUT2D eigenvalue weighted by Crippen LogP contribution is -2.78. The number of rotatable bonds is 2. The Morgan fingerprint density at radius 1 is 0.710 bits per heavy atom. The lowest BCUT2D eigenvalue weighted by molar-refractivity contribution is -0.0412. The molecule has 0 saturated carbocycles. The summed E-state index contributed by atoms with van der Waals surface area (Å²) in [7, 11) is -20.5. The van der Waals surface area contributed by atoms with Gasteiger partial charge in [0.25, 0.3) is 0 Å². The Bertz CT molecular complexity index is 778. The molecule has 0 aromatic heterocycles. The molecule has 4 fully saturated rings. The van der Waals surface area contributed by atoms with Crippen LogP contribution in [0.1, 0.15) is 13.8 Å². The van der Waals surface area contributed by atoms with E-state index in [1.165, 1.54) is 14.2 Å². The summed E-state index contributed by atoms with van der Waals surface area (Å²) >= 11 is 0. The van der Waals surface area contributed by atoms with Crippen LogP contribution in [0.5, 0.6) is 0 Å². The predicted molar refractivity (Wildman–Crippen MR) is 118 cm³/mol. The van der Waals surface area contributed by atoms with Crippen LogP contribution in [0.3, 0.4) is 0 Å². The van der Waals surface area contributed by atoms with Gasteiger partial charge in [0, 0.05) is 20.8 Å². The molecule has 0 aromatic rings. The fourth-order valence-corrected chi connectivity index (χ4v) is 34.0. The molecular formula is C12H31O12Si7. The molecular weight excluding hydrogens is 533 g/mol. The van der Waals surface area contributed by atoms with Gasteiger partial charge < -0.3 is 51.3 Å². The first-order chi connectivity index (χ1) is 13.9. The van der Waals surface area contributed by atoms with E-state index < -0.39 is 72.3 Å². The van der Waals surface area contributed by atoms with Crippen LogP contribution < -0.4 is 0 Å². The first-order valence-corrected chi connectivity index (χ1v) is 24.7. The highest BCUT2D eigenvalue weighted by molar-refractivity contribution is 6.94. The molecule has 31 heavy (non-hydrogen) atoms. The van der Waals surface area contributed by atoms with Crippen molar-refractivity contribution >= 4 is 61.9 Å². The van der Waals surface area contributed by atoms with Crippen molar-refractivity contribution in [3.63, 3.8) is 0 Å². The molecule has 4 rings (SSSR count). The van der Waals surface area contributed by atoms with Crippen LogP contribution >= 0.6 is 0 Å². The van der Waals surface area contributed by atoms with Gasteiger partial charge in [-0.1, -0.05) is 6.55 Å². The van der Waals surface area contributed by atoms with Crippen LogP contribution in [0.25, 0.3) is 0 Å². The third kappa shape index (κ3) is 4.09. The second-order valence-electron chi connectivity index (χ2n) is 9.20. The number of fused-ring (bicyclic) bond motifs is 3. The molecule has 6 atom stereocenters. The lowest BCUT2D eigenvalue weighted by Gasteiger charge is -2.50. The van der Waals surface area contributed by atoms with Crippen molar-refractivity contribution < 1.29 is 51.3 Å². The van der Waals surface area contributed by atoms with Crippen LogP contribution in [0.2, 0.25) is 39.3 Å². The van der Waals surface area contributed by atoms with Crippen molar-refractivity contribution in [3.8, 4) is 0 Å². The van der Waals surface area contributed by atoms with Gasteiger partial charge in [-0.2, -0.15) is 0 Å². The summed E-state index contributed by atoms with van der Waals surface area (Å²) in [5.41, 5.74) is 0. The second-order valence-corrected chi connectivity index (χ2v) is 29.7. The summed E-state index contributed by atoms with van der Waals surface area (Å²) in [6, 6.07) is 0. The number of hydrogen-bond acceptors (Lipinski definition) is 12. The fraction of sp³-hybridized carbons (Fsp3) is 1.00. The molecule has 1 spiro atoms. The molecule has 179 valence electrons. The van der Waals surface area contributed by atoms with E-state index in [-0.39, 0.29) is 0 Å². The second kappa shape index (κ2) is 7.05. The van der Waals surface area contributed by atoms with Crippen LogP contribution in [-0.2, 0) is 46.5 Å². The van der Waals surface area contributed by atoms with Crippen molar-refractivity contribution in [2.75, 3.05) is 14.2 Å². The normalized spacial score (nSPS) is 53.9. The highest BCUT2D eigenvalue weighted by Gasteiger charge is 2.86. The van der Waals surface area contributed by atoms with Crippen LogP contribution in [0.15, 0.2) is 0 Å². The molecule has 0 amide bonds. The summed E-state index contributed by atoms with van der Waals surface area (Å²) in [5, 5.41) is -1.46. The third-order valence-corrected chi connectivity index (χ3v) is 31.8. The van der Waals surface area contributed by atoms with Crippen molar-refractivity contribution in [1.82, 2.24) is 0 Å². The summed E-state index contributed by atoms with van der Waals surface area (Å²) in [4.78, 5) is 11.2. The lowest BCUT2D eigenvalue weighted by atomic mass is 10.3. The predicted octanol–water partition coefficient (Wildman–Crippen LogP) is 0.475. The van der Waals surface area contributed by atoms with Gasteiger partial charge in [0.15, 0.2) is 0 Å². The van der Waals surface area contributed by atoms with Crippen molar-refractivity contribution in [2.24, 2.45) is 0 Å². The van der Waals surface area contributed by atoms with E-state index in [4.69, 9.17) is 46.5 Å². The molecule has 4 aliphatic heterocycles. The zero-order valence-corrected chi connectivity index (χ0v) is 26.4. The minimum Gasteiger partial charge on any atom is -0.395 e. The van der Waals surface area contributed by atoms with Crippen LogP contribution in [0.4, 0.5) is 0 Å². The first-order valence-electron chi connectivity index (χ1n) is 9.87. The molecule has 4 heterocycles. The number of hydrogen-bond donors (Lipinski definition) is 1. The molecule has 6 unspecified atom stereocenters. The summed E-state index contributed by atoms with van der Waals surface area (Å²) in [5.74, 6) is 0. The van der Waals surface area contributed by atoms with Crippen LogP contribution in [0, 0.1) is 0 Å². The Hall–Kier alpha value is 1.04. The Morgan fingerprint density at radius 2 is 1.26 bits per heavy atom. The van der Waals surface area contributed by atoms with Gasteiger partial charge in [0.1, 0.15) is 8.80 Å².